The molecule has 2 unspecified atom stereocenters. The lowest BCUT2D eigenvalue weighted by atomic mass is 10.1. The number of benzene rings is 1. The SMILES string of the molecule is CC1CN(C(=O)c2cc([N+](=O)[O-])ccc2Br)CC1N(C)C. The van der Waals surface area contributed by atoms with Crippen LogP contribution in [0.4, 0.5) is 5.69 Å². The lowest BCUT2D eigenvalue weighted by molar-refractivity contribution is -0.384. The fourth-order valence-electron chi connectivity index (χ4n) is 2.75. The molecule has 1 heterocycles. The van der Waals surface area contributed by atoms with Crippen molar-refractivity contribution in [3.05, 3.63) is 38.3 Å². The molecule has 2 atom stereocenters. The lowest BCUT2D eigenvalue weighted by Gasteiger charge is -2.22. The molecule has 1 aromatic carbocycles. The Morgan fingerprint density at radius 3 is 2.62 bits per heavy atom. The highest BCUT2D eigenvalue weighted by molar-refractivity contribution is 9.10. The minimum Gasteiger partial charge on any atom is -0.337 e. The average Bonchev–Trinajstić information content (AvgIpc) is 2.80. The van der Waals surface area contributed by atoms with Crippen molar-refractivity contribution in [2.24, 2.45) is 5.92 Å². The summed E-state index contributed by atoms with van der Waals surface area (Å²) in [5.41, 5.74) is 0.272. The quantitative estimate of drug-likeness (QED) is 0.616. The zero-order chi connectivity index (χ0) is 15.7. The molecule has 21 heavy (non-hydrogen) atoms. The maximum absolute atomic E-state index is 12.6. The second kappa shape index (κ2) is 6.11. The third-order valence-corrected chi connectivity index (χ3v) is 4.61. The molecule has 2 rings (SSSR count). The minimum atomic E-state index is -0.488. The van der Waals surface area contributed by atoms with Gasteiger partial charge in [0.05, 0.1) is 10.5 Å². The highest BCUT2D eigenvalue weighted by Crippen LogP contribution is 2.27. The number of likely N-dealkylation sites (tertiary alicyclic amines) is 1. The van der Waals surface area contributed by atoms with E-state index < -0.39 is 4.92 Å². The fourth-order valence-corrected chi connectivity index (χ4v) is 3.16. The summed E-state index contributed by atoms with van der Waals surface area (Å²) in [5.74, 6) is 0.211. The summed E-state index contributed by atoms with van der Waals surface area (Å²) in [4.78, 5) is 26.9. The lowest BCUT2D eigenvalue weighted by Crippen LogP contribution is -2.35. The Bertz CT molecular complexity index is 577. The number of nitro groups is 1. The molecular formula is C14H18BrN3O3. The number of nitrogens with zero attached hydrogens (tertiary/aromatic N) is 3. The summed E-state index contributed by atoms with van der Waals surface area (Å²) in [7, 11) is 4.00. The van der Waals surface area contributed by atoms with E-state index in [1.54, 1.807) is 11.0 Å². The smallest absolute Gasteiger partial charge is 0.270 e. The number of non-ortho nitro benzene ring substituents is 1. The Hall–Kier alpha value is -1.47. The van der Waals surface area contributed by atoms with Gasteiger partial charge < -0.3 is 9.80 Å². The van der Waals surface area contributed by atoms with Crippen LogP contribution in [0.3, 0.4) is 0 Å². The van der Waals surface area contributed by atoms with Gasteiger partial charge in [-0.2, -0.15) is 0 Å². The van der Waals surface area contributed by atoms with Crippen LogP contribution in [-0.2, 0) is 0 Å². The summed E-state index contributed by atoms with van der Waals surface area (Å²) in [6.07, 6.45) is 0. The van der Waals surface area contributed by atoms with E-state index in [4.69, 9.17) is 0 Å². The highest BCUT2D eigenvalue weighted by atomic mass is 79.9. The normalized spacial score (nSPS) is 21.9. The monoisotopic (exact) mass is 355 g/mol. The van der Waals surface area contributed by atoms with Crippen LogP contribution in [0.15, 0.2) is 22.7 Å². The maximum Gasteiger partial charge on any atom is 0.270 e. The van der Waals surface area contributed by atoms with Crippen molar-refractivity contribution in [3.63, 3.8) is 0 Å². The molecule has 6 nitrogen and oxygen atoms in total. The van der Waals surface area contributed by atoms with Crippen LogP contribution in [-0.4, -0.2) is 53.9 Å². The van der Waals surface area contributed by atoms with Crippen LogP contribution in [0.1, 0.15) is 17.3 Å². The Kier molecular flexibility index (Phi) is 4.63. The summed E-state index contributed by atoms with van der Waals surface area (Å²) < 4.78 is 0.582. The summed E-state index contributed by atoms with van der Waals surface area (Å²) in [5, 5.41) is 10.9. The van der Waals surface area contributed by atoms with Crippen molar-refractivity contribution < 1.29 is 9.72 Å². The van der Waals surface area contributed by atoms with E-state index >= 15 is 0 Å². The molecule has 7 heteroatoms. The first-order valence-corrected chi connectivity index (χ1v) is 7.50. The van der Waals surface area contributed by atoms with Crippen molar-refractivity contribution in [1.82, 2.24) is 9.80 Å². The zero-order valence-electron chi connectivity index (χ0n) is 12.2. The highest BCUT2D eigenvalue weighted by Gasteiger charge is 2.34. The fraction of sp³-hybridized carbons (Fsp3) is 0.500. The van der Waals surface area contributed by atoms with Gasteiger partial charge in [0.25, 0.3) is 11.6 Å². The van der Waals surface area contributed by atoms with Crippen molar-refractivity contribution in [2.45, 2.75) is 13.0 Å². The molecule has 1 aromatic rings. The van der Waals surface area contributed by atoms with E-state index in [0.717, 1.165) is 0 Å². The van der Waals surface area contributed by atoms with E-state index in [2.05, 4.69) is 27.8 Å². The predicted octanol–water partition coefficient (Wildman–Crippen LogP) is 2.38. The van der Waals surface area contributed by atoms with Gasteiger partial charge in [-0.15, -0.1) is 0 Å². The first-order chi connectivity index (χ1) is 9.81. The standard InChI is InChI=1S/C14H18BrN3O3/c1-9-7-17(8-13(9)16(2)3)14(19)11-6-10(18(20)21)4-5-12(11)15/h4-6,9,13H,7-8H2,1-3H3. The molecule has 1 fully saturated rings. The van der Waals surface area contributed by atoms with E-state index in [1.165, 1.54) is 12.1 Å². The van der Waals surface area contributed by atoms with Crippen LogP contribution in [0.25, 0.3) is 0 Å². The van der Waals surface area contributed by atoms with E-state index in [0.29, 0.717) is 35.1 Å². The number of carbonyl (C=O) groups excluding carboxylic acids is 1. The summed E-state index contributed by atoms with van der Waals surface area (Å²) in [6, 6.07) is 4.58. The molecule has 1 saturated heterocycles. The zero-order valence-corrected chi connectivity index (χ0v) is 13.8. The predicted molar refractivity (Wildman–Crippen MR) is 83.3 cm³/mol. The van der Waals surface area contributed by atoms with Gasteiger partial charge in [-0.25, -0.2) is 0 Å². The Morgan fingerprint density at radius 1 is 1.43 bits per heavy atom. The van der Waals surface area contributed by atoms with Crippen LogP contribution in [0.2, 0.25) is 0 Å². The minimum absolute atomic E-state index is 0.0713. The number of hydrogen-bond donors (Lipinski definition) is 0. The molecule has 0 aromatic heterocycles. The maximum atomic E-state index is 12.6. The number of nitro benzene ring substituents is 1. The number of halogens is 1. The Morgan fingerprint density at radius 2 is 2.10 bits per heavy atom. The topological polar surface area (TPSA) is 66.7 Å². The Labute approximate surface area is 132 Å². The molecule has 0 N–H and O–H groups in total. The van der Waals surface area contributed by atoms with Gasteiger partial charge in [0, 0.05) is 35.7 Å². The van der Waals surface area contributed by atoms with Gasteiger partial charge >= 0.3 is 0 Å². The number of amides is 1. The van der Waals surface area contributed by atoms with Crippen molar-refractivity contribution in [3.8, 4) is 0 Å². The van der Waals surface area contributed by atoms with Crippen molar-refractivity contribution in [1.29, 1.82) is 0 Å². The molecular weight excluding hydrogens is 338 g/mol. The van der Waals surface area contributed by atoms with Crippen LogP contribution in [0, 0.1) is 16.0 Å². The second-order valence-corrected chi connectivity index (χ2v) is 6.49. The number of hydrogen-bond acceptors (Lipinski definition) is 4. The van der Waals surface area contributed by atoms with Crippen LogP contribution < -0.4 is 0 Å². The third-order valence-electron chi connectivity index (χ3n) is 3.91. The first-order valence-electron chi connectivity index (χ1n) is 6.71. The Balaban J connectivity index is 2.25. The molecule has 0 radical (unpaired) electrons. The number of likely N-dealkylation sites (N-methyl/N-ethyl adjacent to an activating group) is 1. The molecule has 1 amide bonds. The molecule has 0 spiro atoms. The van der Waals surface area contributed by atoms with Gasteiger partial charge in [-0.3, -0.25) is 14.9 Å². The van der Waals surface area contributed by atoms with Gasteiger partial charge in [0.1, 0.15) is 0 Å². The van der Waals surface area contributed by atoms with Gasteiger partial charge in [0.15, 0.2) is 0 Å². The average molecular weight is 356 g/mol. The van der Waals surface area contributed by atoms with E-state index in [9.17, 15) is 14.9 Å². The van der Waals surface area contributed by atoms with Crippen molar-refractivity contribution >= 4 is 27.5 Å². The molecule has 0 bridgehead atoms. The largest absolute Gasteiger partial charge is 0.337 e. The first kappa shape index (κ1) is 15.9. The number of carbonyl (C=O) groups is 1. The number of rotatable bonds is 3. The third kappa shape index (κ3) is 3.24. The molecule has 1 aliphatic rings. The summed E-state index contributed by atoms with van der Waals surface area (Å²) >= 11 is 3.31. The van der Waals surface area contributed by atoms with Gasteiger partial charge in [0.2, 0.25) is 0 Å². The van der Waals surface area contributed by atoms with Crippen LogP contribution in [0.5, 0.6) is 0 Å². The summed E-state index contributed by atoms with van der Waals surface area (Å²) in [6.45, 7) is 3.42. The van der Waals surface area contributed by atoms with E-state index in [1.807, 2.05) is 14.1 Å². The molecule has 0 aliphatic carbocycles. The van der Waals surface area contributed by atoms with E-state index in [-0.39, 0.29) is 11.6 Å². The van der Waals surface area contributed by atoms with Gasteiger partial charge in [-0.05, 0) is 42.0 Å². The van der Waals surface area contributed by atoms with Gasteiger partial charge in [-0.1, -0.05) is 6.92 Å². The molecule has 1 aliphatic heterocycles. The van der Waals surface area contributed by atoms with Crippen LogP contribution >= 0.6 is 15.9 Å². The molecule has 114 valence electrons. The molecule has 0 saturated carbocycles. The van der Waals surface area contributed by atoms with Crippen molar-refractivity contribution in [2.75, 3.05) is 27.2 Å². The second-order valence-electron chi connectivity index (χ2n) is 5.64.